The van der Waals surface area contributed by atoms with Gasteiger partial charge in [0.15, 0.2) is 0 Å². The van der Waals surface area contributed by atoms with Gasteiger partial charge in [-0.1, -0.05) is 17.7 Å². The molecule has 3 rings (SSSR count). The number of hydrogen-bond donors (Lipinski definition) is 1. The summed E-state index contributed by atoms with van der Waals surface area (Å²) in [5.74, 6) is -0.181. The minimum absolute atomic E-state index is 0.181. The van der Waals surface area contributed by atoms with Gasteiger partial charge >= 0.3 is 0 Å². The number of anilines is 2. The summed E-state index contributed by atoms with van der Waals surface area (Å²) in [5.41, 5.74) is 6.15. The van der Waals surface area contributed by atoms with Gasteiger partial charge < -0.3 is 5.32 Å². The van der Waals surface area contributed by atoms with Crippen LogP contribution in [0.25, 0.3) is 0 Å². The highest BCUT2D eigenvalue weighted by Gasteiger charge is 2.24. The first-order valence-electron chi connectivity index (χ1n) is 8.66. The monoisotopic (exact) mass is 372 g/mol. The smallest absolute Gasteiger partial charge is 0.255 e. The highest BCUT2D eigenvalue weighted by atomic mass is 32.2. The lowest BCUT2D eigenvalue weighted by molar-refractivity contribution is 0.102. The molecule has 2 aromatic carbocycles. The third-order valence-corrected chi connectivity index (χ3v) is 5.91. The first-order valence-corrected chi connectivity index (χ1v) is 10.5. The SMILES string of the molecule is Cc1cc(C)c(NC(=O)c2ccc3c(c2)CCCN3S(C)(=O)=O)c(C)c1. The van der Waals surface area contributed by atoms with Crippen molar-refractivity contribution in [3.05, 3.63) is 58.1 Å². The van der Waals surface area contributed by atoms with Crippen LogP contribution in [-0.4, -0.2) is 27.1 Å². The fourth-order valence-electron chi connectivity index (χ4n) is 3.61. The number of aryl methyl sites for hydroxylation is 4. The Morgan fingerprint density at radius 1 is 1.08 bits per heavy atom. The fraction of sp³-hybridized carbons (Fsp3) is 0.350. The van der Waals surface area contributed by atoms with Crippen molar-refractivity contribution in [2.45, 2.75) is 33.6 Å². The van der Waals surface area contributed by atoms with Crippen LogP contribution in [0.15, 0.2) is 30.3 Å². The Hall–Kier alpha value is -2.34. The molecular weight excluding hydrogens is 348 g/mol. The second-order valence-electron chi connectivity index (χ2n) is 7.01. The molecular formula is C20H24N2O3S. The largest absolute Gasteiger partial charge is 0.322 e. The lowest BCUT2D eigenvalue weighted by Crippen LogP contribution is -2.34. The van der Waals surface area contributed by atoms with Gasteiger partial charge in [0.2, 0.25) is 10.0 Å². The van der Waals surface area contributed by atoms with E-state index in [1.165, 1.54) is 10.6 Å². The maximum absolute atomic E-state index is 12.7. The van der Waals surface area contributed by atoms with E-state index in [-0.39, 0.29) is 5.91 Å². The third-order valence-electron chi connectivity index (χ3n) is 4.73. The molecule has 1 amide bonds. The maximum atomic E-state index is 12.7. The zero-order valence-electron chi connectivity index (χ0n) is 15.6. The topological polar surface area (TPSA) is 66.5 Å². The van der Waals surface area contributed by atoms with Gasteiger partial charge in [0.25, 0.3) is 5.91 Å². The van der Waals surface area contributed by atoms with Crippen LogP contribution in [0, 0.1) is 20.8 Å². The summed E-state index contributed by atoms with van der Waals surface area (Å²) in [4.78, 5) is 12.7. The van der Waals surface area contributed by atoms with Gasteiger partial charge in [0.05, 0.1) is 11.9 Å². The molecule has 6 heteroatoms. The Kier molecular flexibility index (Phi) is 4.80. The molecule has 1 heterocycles. The molecule has 0 bridgehead atoms. The van der Waals surface area contributed by atoms with Gasteiger partial charge in [-0.2, -0.15) is 0 Å². The average molecular weight is 372 g/mol. The van der Waals surface area contributed by atoms with E-state index in [9.17, 15) is 13.2 Å². The number of sulfonamides is 1. The Morgan fingerprint density at radius 2 is 1.73 bits per heavy atom. The highest BCUT2D eigenvalue weighted by molar-refractivity contribution is 7.92. The van der Waals surface area contributed by atoms with E-state index in [1.54, 1.807) is 18.2 Å². The summed E-state index contributed by atoms with van der Waals surface area (Å²) in [7, 11) is -3.30. The molecule has 0 unspecified atom stereocenters. The van der Waals surface area contributed by atoms with E-state index in [0.29, 0.717) is 17.8 Å². The van der Waals surface area contributed by atoms with E-state index < -0.39 is 10.0 Å². The number of benzene rings is 2. The number of nitrogens with one attached hydrogen (secondary N) is 1. The number of hydrogen-bond acceptors (Lipinski definition) is 3. The Morgan fingerprint density at radius 3 is 2.35 bits per heavy atom. The number of rotatable bonds is 3. The van der Waals surface area contributed by atoms with Crippen LogP contribution in [0.3, 0.4) is 0 Å². The van der Waals surface area contributed by atoms with Crippen LogP contribution < -0.4 is 9.62 Å². The summed E-state index contributed by atoms with van der Waals surface area (Å²) in [6.45, 7) is 6.47. The predicted octanol–water partition coefficient (Wildman–Crippen LogP) is 3.58. The van der Waals surface area contributed by atoms with Crippen LogP contribution >= 0.6 is 0 Å². The zero-order chi connectivity index (χ0) is 19.1. The molecule has 5 nitrogen and oxygen atoms in total. The van der Waals surface area contributed by atoms with E-state index in [4.69, 9.17) is 0 Å². The molecule has 0 spiro atoms. The van der Waals surface area contributed by atoms with E-state index >= 15 is 0 Å². The molecule has 2 aromatic rings. The number of amides is 1. The van der Waals surface area contributed by atoms with Crippen molar-refractivity contribution in [1.82, 2.24) is 0 Å². The van der Waals surface area contributed by atoms with Crippen molar-refractivity contribution in [2.24, 2.45) is 0 Å². The minimum Gasteiger partial charge on any atom is -0.322 e. The standard InChI is InChI=1S/C20H24N2O3S/c1-13-10-14(2)19(15(3)11-13)21-20(23)17-7-8-18-16(12-17)6-5-9-22(18)26(4,24)25/h7-8,10-12H,5-6,9H2,1-4H3,(H,21,23). The molecule has 0 fully saturated rings. The normalized spacial score (nSPS) is 14.1. The summed E-state index contributed by atoms with van der Waals surface area (Å²) >= 11 is 0. The summed E-state index contributed by atoms with van der Waals surface area (Å²) in [6.07, 6.45) is 2.73. The molecule has 1 aliphatic rings. The second kappa shape index (κ2) is 6.76. The molecule has 0 saturated heterocycles. The Balaban J connectivity index is 1.91. The minimum atomic E-state index is -3.30. The van der Waals surface area contributed by atoms with Crippen molar-refractivity contribution in [1.29, 1.82) is 0 Å². The highest BCUT2D eigenvalue weighted by Crippen LogP contribution is 2.30. The molecule has 1 N–H and O–H groups in total. The molecule has 1 aliphatic heterocycles. The lowest BCUT2D eigenvalue weighted by Gasteiger charge is -2.29. The second-order valence-corrected chi connectivity index (χ2v) is 8.92. The maximum Gasteiger partial charge on any atom is 0.255 e. The quantitative estimate of drug-likeness (QED) is 0.896. The number of fused-ring (bicyclic) bond motifs is 1. The third kappa shape index (κ3) is 3.60. The summed E-state index contributed by atoms with van der Waals surface area (Å²) < 4.78 is 25.3. The van der Waals surface area contributed by atoms with E-state index in [1.807, 2.05) is 32.9 Å². The number of carbonyl (C=O) groups excluding carboxylic acids is 1. The van der Waals surface area contributed by atoms with Crippen LogP contribution in [0.2, 0.25) is 0 Å². The molecule has 0 aromatic heterocycles. The Bertz CT molecular complexity index is 958. The fourth-order valence-corrected chi connectivity index (χ4v) is 4.61. The van der Waals surface area contributed by atoms with E-state index in [0.717, 1.165) is 40.8 Å². The van der Waals surface area contributed by atoms with Crippen molar-refractivity contribution in [3.8, 4) is 0 Å². The van der Waals surface area contributed by atoms with Crippen molar-refractivity contribution in [3.63, 3.8) is 0 Å². The van der Waals surface area contributed by atoms with Gasteiger partial charge in [-0.05, 0) is 68.5 Å². The van der Waals surface area contributed by atoms with Gasteiger partial charge in [-0.25, -0.2) is 8.42 Å². The van der Waals surface area contributed by atoms with E-state index in [2.05, 4.69) is 5.32 Å². The number of nitrogens with zero attached hydrogens (tertiary/aromatic N) is 1. The molecule has 0 aliphatic carbocycles. The average Bonchev–Trinajstić information content (AvgIpc) is 2.56. The first kappa shape index (κ1) is 18.5. The van der Waals surface area contributed by atoms with Crippen molar-refractivity contribution < 1.29 is 13.2 Å². The van der Waals surface area contributed by atoms with Gasteiger partial charge in [0, 0.05) is 17.8 Å². The first-order chi connectivity index (χ1) is 12.2. The van der Waals surface area contributed by atoms with Crippen molar-refractivity contribution in [2.75, 3.05) is 22.4 Å². The summed E-state index contributed by atoms with van der Waals surface area (Å²) in [6, 6.07) is 9.32. The van der Waals surface area contributed by atoms with Crippen LogP contribution in [-0.2, 0) is 16.4 Å². The van der Waals surface area contributed by atoms with Gasteiger partial charge in [0.1, 0.15) is 0 Å². The number of carbonyl (C=O) groups is 1. The molecule has 0 radical (unpaired) electrons. The molecule has 138 valence electrons. The Labute approximate surface area is 155 Å². The summed E-state index contributed by atoms with van der Waals surface area (Å²) in [5, 5.41) is 3.00. The van der Waals surface area contributed by atoms with Gasteiger partial charge in [-0.3, -0.25) is 9.10 Å². The molecule has 0 saturated carbocycles. The van der Waals surface area contributed by atoms with Gasteiger partial charge in [-0.15, -0.1) is 0 Å². The van der Waals surface area contributed by atoms with Crippen LogP contribution in [0.1, 0.15) is 39.0 Å². The lowest BCUT2D eigenvalue weighted by atomic mass is 10.00. The predicted molar refractivity (Wildman–Crippen MR) is 106 cm³/mol. The van der Waals surface area contributed by atoms with Crippen LogP contribution in [0.5, 0.6) is 0 Å². The van der Waals surface area contributed by atoms with Crippen molar-refractivity contribution >= 4 is 27.3 Å². The molecule has 26 heavy (non-hydrogen) atoms. The van der Waals surface area contributed by atoms with Crippen LogP contribution in [0.4, 0.5) is 11.4 Å². The zero-order valence-corrected chi connectivity index (χ0v) is 16.4. The molecule has 0 atom stereocenters.